The lowest BCUT2D eigenvalue weighted by molar-refractivity contribution is -0.116. The Morgan fingerprint density at radius 3 is 2.53 bits per heavy atom. The van der Waals surface area contributed by atoms with Crippen molar-refractivity contribution in [3.05, 3.63) is 35.4 Å². The van der Waals surface area contributed by atoms with E-state index in [0.717, 1.165) is 11.3 Å². The van der Waals surface area contributed by atoms with Crippen molar-refractivity contribution in [3.63, 3.8) is 0 Å². The van der Waals surface area contributed by atoms with Gasteiger partial charge in [-0.3, -0.25) is 4.79 Å². The van der Waals surface area contributed by atoms with E-state index < -0.39 is 0 Å². The lowest BCUT2D eigenvalue weighted by Crippen LogP contribution is -2.18. The van der Waals surface area contributed by atoms with E-state index >= 15 is 0 Å². The number of amides is 1. The Balaban J connectivity index is 0.00000121. The van der Waals surface area contributed by atoms with Gasteiger partial charge >= 0.3 is 0 Å². The Kier molecular flexibility index (Phi) is 7.52. The van der Waals surface area contributed by atoms with E-state index in [4.69, 9.17) is 4.74 Å². The zero-order valence-electron chi connectivity index (χ0n) is 11.2. The lowest BCUT2D eigenvalue weighted by atomic mass is 10.1. The molecule has 0 aliphatic carbocycles. The first-order valence-corrected chi connectivity index (χ1v) is 5.72. The van der Waals surface area contributed by atoms with Crippen LogP contribution in [0.4, 0.5) is 0 Å². The fourth-order valence-corrected chi connectivity index (χ4v) is 1.24. The molecule has 1 rings (SSSR count). The third-order valence-corrected chi connectivity index (χ3v) is 2.06. The average Bonchev–Trinajstić information content (AvgIpc) is 2.40. The number of methoxy groups -OCH3 is 1. The maximum Gasteiger partial charge on any atom is 0.246 e. The number of likely N-dealkylation sites (N-methyl/N-ethyl adjacent to an activating group) is 1. The van der Waals surface area contributed by atoms with Gasteiger partial charge in [0.05, 0.1) is 7.11 Å². The molecule has 17 heavy (non-hydrogen) atoms. The van der Waals surface area contributed by atoms with Crippen molar-refractivity contribution >= 4 is 12.0 Å². The van der Waals surface area contributed by atoms with Gasteiger partial charge in [0, 0.05) is 12.6 Å². The molecule has 1 N–H and O–H groups in total. The van der Waals surface area contributed by atoms with E-state index in [2.05, 4.69) is 5.32 Å². The molecule has 0 radical (unpaired) electrons. The van der Waals surface area contributed by atoms with Gasteiger partial charge in [0.2, 0.25) is 5.91 Å². The number of carbonyl (C=O) groups is 1. The number of rotatable bonds is 3. The molecule has 0 spiro atoms. The third kappa shape index (κ3) is 5.20. The molecule has 0 unspecified atom stereocenters. The van der Waals surface area contributed by atoms with Gasteiger partial charge in [-0.15, -0.1) is 0 Å². The summed E-state index contributed by atoms with van der Waals surface area (Å²) in [4.78, 5) is 11.3. The van der Waals surface area contributed by atoms with Crippen LogP contribution in [0.5, 0.6) is 5.75 Å². The second kappa shape index (κ2) is 8.39. The second-order valence-electron chi connectivity index (χ2n) is 3.18. The molecule has 0 aliphatic heterocycles. The van der Waals surface area contributed by atoms with Crippen LogP contribution in [0.1, 0.15) is 26.3 Å². The first kappa shape index (κ1) is 15.2. The van der Waals surface area contributed by atoms with Crippen molar-refractivity contribution in [1.29, 1.82) is 0 Å². The van der Waals surface area contributed by atoms with Gasteiger partial charge < -0.3 is 10.1 Å². The predicted octanol–water partition coefficient (Wildman–Crippen LogP) is 2.87. The van der Waals surface area contributed by atoms with Gasteiger partial charge in [-0.2, -0.15) is 0 Å². The Morgan fingerprint density at radius 1 is 1.35 bits per heavy atom. The summed E-state index contributed by atoms with van der Waals surface area (Å²) in [6.07, 6.45) is 1.82. The zero-order chi connectivity index (χ0) is 13.3. The normalized spacial score (nSPS) is 10.1. The van der Waals surface area contributed by atoms with Crippen LogP contribution in [0.3, 0.4) is 0 Å². The highest BCUT2D eigenvalue weighted by molar-refractivity contribution is 5.97. The summed E-state index contributed by atoms with van der Waals surface area (Å²) in [5, 5.41) is 2.58. The minimum Gasteiger partial charge on any atom is -0.497 e. The number of nitrogens with one attached hydrogen (secondary N) is 1. The van der Waals surface area contributed by atoms with E-state index in [1.807, 2.05) is 44.2 Å². The number of benzene rings is 1. The highest BCUT2D eigenvalue weighted by atomic mass is 16.5. The average molecular weight is 235 g/mol. The van der Waals surface area contributed by atoms with E-state index in [1.165, 1.54) is 0 Å². The maximum atomic E-state index is 11.3. The van der Waals surface area contributed by atoms with Crippen LogP contribution in [0.15, 0.2) is 29.8 Å². The van der Waals surface area contributed by atoms with Crippen molar-refractivity contribution < 1.29 is 9.53 Å². The van der Waals surface area contributed by atoms with Gasteiger partial charge in [-0.1, -0.05) is 26.0 Å². The lowest BCUT2D eigenvalue weighted by Gasteiger charge is -2.02. The Bertz CT molecular complexity index is 384. The van der Waals surface area contributed by atoms with Gasteiger partial charge in [0.25, 0.3) is 0 Å². The molecule has 0 bridgehead atoms. The molecular formula is C14H21NO2. The first-order valence-electron chi connectivity index (χ1n) is 5.72. The SMILES string of the molecule is CC.CNC(=O)/C(C)=C/c1cccc(OC)c1. The van der Waals surface area contributed by atoms with Crippen molar-refractivity contribution in [1.82, 2.24) is 5.32 Å². The number of hydrogen-bond donors (Lipinski definition) is 1. The molecule has 0 atom stereocenters. The van der Waals surface area contributed by atoms with Crippen LogP contribution in [0.2, 0.25) is 0 Å². The van der Waals surface area contributed by atoms with Crippen LogP contribution in [0, 0.1) is 0 Å². The standard InChI is InChI=1S/C12H15NO2.C2H6/c1-9(12(14)13-2)7-10-5-4-6-11(8-10)15-3;1-2/h4-8H,1-3H3,(H,13,14);1-2H3/b9-7+;. The molecule has 1 aromatic carbocycles. The van der Waals surface area contributed by atoms with E-state index in [9.17, 15) is 4.79 Å². The monoisotopic (exact) mass is 235 g/mol. The van der Waals surface area contributed by atoms with Gasteiger partial charge in [-0.05, 0) is 30.7 Å². The van der Waals surface area contributed by atoms with Gasteiger partial charge in [-0.25, -0.2) is 0 Å². The van der Waals surface area contributed by atoms with Gasteiger partial charge in [0.15, 0.2) is 0 Å². The number of ether oxygens (including phenoxy) is 1. The zero-order valence-corrected chi connectivity index (χ0v) is 11.2. The molecule has 3 heteroatoms. The molecular weight excluding hydrogens is 214 g/mol. The molecule has 94 valence electrons. The molecule has 0 fully saturated rings. The molecule has 1 aromatic rings. The van der Waals surface area contributed by atoms with Crippen molar-refractivity contribution in [2.45, 2.75) is 20.8 Å². The van der Waals surface area contributed by atoms with Crippen molar-refractivity contribution in [3.8, 4) is 5.75 Å². The highest BCUT2D eigenvalue weighted by Crippen LogP contribution is 2.15. The summed E-state index contributed by atoms with van der Waals surface area (Å²) in [5.74, 6) is 0.714. The minimum atomic E-state index is -0.0715. The van der Waals surface area contributed by atoms with Crippen LogP contribution in [-0.4, -0.2) is 20.1 Å². The summed E-state index contributed by atoms with van der Waals surface area (Å²) in [5.41, 5.74) is 1.63. The predicted molar refractivity (Wildman–Crippen MR) is 72.1 cm³/mol. The molecule has 0 saturated carbocycles. The first-order chi connectivity index (χ1) is 8.17. The number of carbonyl (C=O) groups excluding carboxylic acids is 1. The van der Waals surface area contributed by atoms with Crippen LogP contribution in [0.25, 0.3) is 6.08 Å². The largest absolute Gasteiger partial charge is 0.497 e. The van der Waals surface area contributed by atoms with Crippen LogP contribution >= 0.6 is 0 Å². The minimum absolute atomic E-state index is 0.0715. The van der Waals surface area contributed by atoms with Crippen molar-refractivity contribution in [2.75, 3.05) is 14.2 Å². The molecule has 0 saturated heterocycles. The van der Waals surface area contributed by atoms with Gasteiger partial charge in [0.1, 0.15) is 5.75 Å². The molecule has 3 nitrogen and oxygen atoms in total. The summed E-state index contributed by atoms with van der Waals surface area (Å²) >= 11 is 0. The smallest absolute Gasteiger partial charge is 0.246 e. The van der Waals surface area contributed by atoms with E-state index in [-0.39, 0.29) is 5.91 Å². The maximum absolute atomic E-state index is 11.3. The Hall–Kier alpha value is -1.77. The Morgan fingerprint density at radius 2 is 2.00 bits per heavy atom. The summed E-state index contributed by atoms with van der Waals surface area (Å²) < 4.78 is 5.09. The summed E-state index contributed by atoms with van der Waals surface area (Å²) in [7, 11) is 3.24. The van der Waals surface area contributed by atoms with Crippen LogP contribution < -0.4 is 10.1 Å². The third-order valence-electron chi connectivity index (χ3n) is 2.06. The summed E-state index contributed by atoms with van der Waals surface area (Å²) in [6, 6.07) is 7.57. The molecule has 0 aliphatic rings. The van der Waals surface area contributed by atoms with E-state index in [0.29, 0.717) is 5.57 Å². The highest BCUT2D eigenvalue weighted by Gasteiger charge is 2.00. The molecule has 0 heterocycles. The number of hydrogen-bond acceptors (Lipinski definition) is 2. The second-order valence-corrected chi connectivity index (χ2v) is 3.18. The Labute approximate surface area is 103 Å². The fraction of sp³-hybridized carbons (Fsp3) is 0.357. The molecule has 0 aromatic heterocycles. The van der Waals surface area contributed by atoms with Crippen molar-refractivity contribution in [2.24, 2.45) is 0 Å². The topological polar surface area (TPSA) is 38.3 Å². The summed E-state index contributed by atoms with van der Waals surface area (Å²) in [6.45, 7) is 5.78. The van der Waals surface area contributed by atoms with E-state index in [1.54, 1.807) is 21.1 Å². The fourth-order valence-electron chi connectivity index (χ4n) is 1.24. The quantitative estimate of drug-likeness (QED) is 0.818. The molecule has 1 amide bonds. The van der Waals surface area contributed by atoms with Crippen LogP contribution in [-0.2, 0) is 4.79 Å².